The number of aliphatic carboxylic acids is 1. The van der Waals surface area contributed by atoms with Crippen LogP contribution in [0.3, 0.4) is 0 Å². The average molecular weight is 645 g/mol. The molecule has 1 heterocycles. The Hall–Kier alpha value is -3.31. The Morgan fingerprint density at radius 3 is 2.11 bits per heavy atom. The Morgan fingerprint density at radius 1 is 0.978 bits per heavy atom. The maximum absolute atomic E-state index is 13.5. The third kappa shape index (κ3) is 11.2. The molecule has 0 spiro atoms. The molecule has 4 N–H and O–H groups in total. The number of likely N-dealkylation sites (N-methyl/N-ethyl adjacent to an activating group) is 1. The van der Waals surface area contributed by atoms with E-state index in [1.807, 2.05) is 52.0 Å². The molecule has 45 heavy (non-hydrogen) atoms. The number of hydrogen-bond donors (Lipinski definition) is 4. The molecule has 11 heteroatoms. The minimum Gasteiger partial charge on any atom is -0.481 e. The van der Waals surface area contributed by atoms with Gasteiger partial charge >= 0.3 is 5.97 Å². The number of rotatable bonds is 17. The number of nitrogens with one attached hydrogen (secondary N) is 2. The Labute approximate surface area is 272 Å². The molecule has 0 saturated heterocycles. The SMILES string of the molecule is CCC(C)C(NC(C)=O)C(=O)N(C)C(CC(O)c1nc(C(=O)NC(Cc2ccc(C(C)C)cc2)CC(C)C(=O)O)cs1)C(C)C. The van der Waals surface area contributed by atoms with Crippen LogP contribution in [0.5, 0.6) is 0 Å². The number of aliphatic hydroxyl groups excluding tert-OH is 1. The van der Waals surface area contributed by atoms with Crippen LogP contribution in [-0.4, -0.2) is 69.0 Å². The highest BCUT2D eigenvalue weighted by molar-refractivity contribution is 7.09. The van der Waals surface area contributed by atoms with Crippen molar-refractivity contribution in [3.63, 3.8) is 0 Å². The summed E-state index contributed by atoms with van der Waals surface area (Å²) in [7, 11) is 1.69. The van der Waals surface area contributed by atoms with Crippen molar-refractivity contribution in [1.82, 2.24) is 20.5 Å². The monoisotopic (exact) mass is 644 g/mol. The van der Waals surface area contributed by atoms with Gasteiger partial charge in [-0.25, -0.2) is 4.98 Å². The van der Waals surface area contributed by atoms with Gasteiger partial charge in [-0.3, -0.25) is 19.2 Å². The number of aromatic nitrogens is 1. The number of aliphatic hydroxyl groups is 1. The third-order valence-electron chi connectivity index (χ3n) is 8.48. The molecule has 0 radical (unpaired) electrons. The number of carboxylic acids is 1. The van der Waals surface area contributed by atoms with Gasteiger partial charge in [-0.05, 0) is 41.7 Å². The van der Waals surface area contributed by atoms with Crippen molar-refractivity contribution in [2.75, 3.05) is 7.05 Å². The lowest BCUT2D eigenvalue weighted by Crippen LogP contribution is -2.53. The normalized spacial score (nSPS) is 15.6. The Kier molecular flexibility index (Phi) is 14.6. The van der Waals surface area contributed by atoms with Crippen molar-refractivity contribution in [2.24, 2.45) is 17.8 Å². The number of carbonyl (C=O) groups excluding carboxylic acids is 3. The van der Waals surface area contributed by atoms with Crippen LogP contribution in [-0.2, 0) is 20.8 Å². The second-order valence-corrected chi connectivity index (χ2v) is 13.8. The molecule has 6 unspecified atom stereocenters. The Balaban J connectivity index is 2.18. The summed E-state index contributed by atoms with van der Waals surface area (Å²) in [5.41, 5.74) is 2.33. The first-order chi connectivity index (χ1) is 21.0. The molecule has 2 rings (SSSR count). The fourth-order valence-electron chi connectivity index (χ4n) is 5.34. The summed E-state index contributed by atoms with van der Waals surface area (Å²) >= 11 is 1.16. The van der Waals surface area contributed by atoms with Gasteiger partial charge in [-0.2, -0.15) is 0 Å². The van der Waals surface area contributed by atoms with E-state index < -0.39 is 36.0 Å². The fourth-order valence-corrected chi connectivity index (χ4v) is 6.14. The summed E-state index contributed by atoms with van der Waals surface area (Å²) in [4.78, 5) is 56.2. The van der Waals surface area contributed by atoms with Crippen molar-refractivity contribution >= 4 is 35.0 Å². The summed E-state index contributed by atoms with van der Waals surface area (Å²) in [6.45, 7) is 15.1. The van der Waals surface area contributed by atoms with E-state index in [-0.39, 0.29) is 48.2 Å². The number of carboxylic acid groups (broad SMARTS) is 1. The van der Waals surface area contributed by atoms with Gasteiger partial charge in [0.05, 0.1) is 5.92 Å². The molecule has 2 aromatic rings. The zero-order valence-electron chi connectivity index (χ0n) is 28.2. The second kappa shape index (κ2) is 17.4. The van der Waals surface area contributed by atoms with Crippen LogP contribution in [0.2, 0.25) is 0 Å². The first-order valence-corrected chi connectivity index (χ1v) is 16.7. The lowest BCUT2D eigenvalue weighted by Gasteiger charge is -2.36. The predicted molar refractivity (Wildman–Crippen MR) is 177 cm³/mol. The van der Waals surface area contributed by atoms with E-state index in [2.05, 4.69) is 29.5 Å². The minimum absolute atomic E-state index is 0.00201. The fraction of sp³-hybridized carbons (Fsp3) is 0.618. The van der Waals surface area contributed by atoms with Gasteiger partial charge in [0.25, 0.3) is 5.91 Å². The molecular formula is C34H52N4O6S. The molecule has 250 valence electrons. The summed E-state index contributed by atoms with van der Waals surface area (Å²) in [5.74, 6) is -2.20. The van der Waals surface area contributed by atoms with Crippen LogP contribution in [0, 0.1) is 17.8 Å². The van der Waals surface area contributed by atoms with Crippen molar-refractivity contribution < 1.29 is 29.4 Å². The Bertz CT molecular complexity index is 1280. The van der Waals surface area contributed by atoms with E-state index in [1.165, 1.54) is 12.5 Å². The summed E-state index contributed by atoms with van der Waals surface area (Å²) in [6.07, 6.45) is 0.605. The molecule has 3 amide bonds. The quantitative estimate of drug-likeness (QED) is 0.186. The van der Waals surface area contributed by atoms with Crippen LogP contribution in [0.15, 0.2) is 29.6 Å². The highest BCUT2D eigenvalue weighted by Gasteiger charge is 2.34. The molecule has 0 aliphatic heterocycles. The van der Waals surface area contributed by atoms with Crippen LogP contribution in [0.1, 0.15) is 113 Å². The zero-order chi connectivity index (χ0) is 34.0. The molecule has 6 atom stereocenters. The molecule has 0 saturated carbocycles. The number of hydrogen-bond acceptors (Lipinski definition) is 7. The number of carbonyl (C=O) groups is 4. The molecule has 0 bridgehead atoms. The van der Waals surface area contributed by atoms with Crippen molar-refractivity contribution in [3.05, 3.63) is 51.5 Å². The van der Waals surface area contributed by atoms with Crippen LogP contribution in [0.25, 0.3) is 0 Å². The van der Waals surface area contributed by atoms with Crippen LogP contribution in [0.4, 0.5) is 0 Å². The number of amides is 3. The third-order valence-corrected chi connectivity index (χ3v) is 9.43. The maximum atomic E-state index is 13.5. The van der Waals surface area contributed by atoms with E-state index in [0.29, 0.717) is 23.8 Å². The zero-order valence-corrected chi connectivity index (χ0v) is 29.0. The second-order valence-electron chi connectivity index (χ2n) is 12.9. The molecule has 1 aromatic carbocycles. The molecule has 0 aliphatic rings. The topological polar surface area (TPSA) is 149 Å². The van der Waals surface area contributed by atoms with E-state index >= 15 is 0 Å². The highest BCUT2D eigenvalue weighted by atomic mass is 32.1. The van der Waals surface area contributed by atoms with Gasteiger partial charge in [-0.1, -0.05) is 79.2 Å². The van der Waals surface area contributed by atoms with Crippen LogP contribution >= 0.6 is 11.3 Å². The number of benzene rings is 1. The average Bonchev–Trinajstić information content (AvgIpc) is 3.48. The van der Waals surface area contributed by atoms with Crippen LogP contribution < -0.4 is 10.6 Å². The minimum atomic E-state index is -1.02. The van der Waals surface area contributed by atoms with Gasteiger partial charge in [0.1, 0.15) is 22.8 Å². The van der Waals surface area contributed by atoms with Gasteiger partial charge in [0.2, 0.25) is 11.8 Å². The van der Waals surface area contributed by atoms with E-state index in [0.717, 1.165) is 16.9 Å². The van der Waals surface area contributed by atoms with Gasteiger partial charge < -0.3 is 25.7 Å². The number of thiazole rings is 1. The molecule has 0 aliphatic carbocycles. The van der Waals surface area contributed by atoms with E-state index in [9.17, 15) is 29.4 Å². The standard InChI is InChI=1S/C34H52N4O6S/c1-10-21(6)30(35-23(8)39)33(42)38(9)28(20(4)5)17-29(40)32-37-27(18-45-32)31(41)36-26(15-22(7)34(43)44)16-24-11-13-25(14-12-24)19(2)3/h11-14,18-22,26,28-30,40H,10,15-17H2,1-9H3,(H,35,39)(H,36,41)(H,43,44). The largest absolute Gasteiger partial charge is 0.481 e. The van der Waals surface area contributed by atoms with Crippen molar-refractivity contribution in [2.45, 2.75) is 111 Å². The molecule has 1 aromatic heterocycles. The maximum Gasteiger partial charge on any atom is 0.306 e. The molecular weight excluding hydrogens is 592 g/mol. The van der Waals surface area contributed by atoms with Crippen molar-refractivity contribution in [3.8, 4) is 0 Å². The predicted octanol–water partition coefficient (Wildman–Crippen LogP) is 5.18. The summed E-state index contributed by atoms with van der Waals surface area (Å²) in [6, 6.07) is 6.65. The first kappa shape index (κ1) is 37.9. The van der Waals surface area contributed by atoms with Gasteiger partial charge in [0.15, 0.2) is 0 Å². The van der Waals surface area contributed by atoms with Gasteiger partial charge in [-0.15, -0.1) is 11.3 Å². The lowest BCUT2D eigenvalue weighted by atomic mass is 9.93. The molecule has 0 fully saturated rings. The van der Waals surface area contributed by atoms with E-state index in [4.69, 9.17) is 0 Å². The number of nitrogens with zero attached hydrogens (tertiary/aromatic N) is 2. The van der Waals surface area contributed by atoms with E-state index in [1.54, 1.807) is 24.3 Å². The highest BCUT2D eigenvalue weighted by Crippen LogP contribution is 2.28. The van der Waals surface area contributed by atoms with Gasteiger partial charge in [0, 0.05) is 37.9 Å². The summed E-state index contributed by atoms with van der Waals surface area (Å²) < 4.78 is 0. The smallest absolute Gasteiger partial charge is 0.306 e. The lowest BCUT2D eigenvalue weighted by molar-refractivity contribution is -0.141. The summed E-state index contributed by atoms with van der Waals surface area (Å²) in [5, 5.41) is 28.4. The first-order valence-electron chi connectivity index (χ1n) is 15.8. The van der Waals surface area contributed by atoms with Crippen molar-refractivity contribution in [1.29, 1.82) is 0 Å². The Morgan fingerprint density at radius 2 is 1.60 bits per heavy atom. The molecule has 10 nitrogen and oxygen atoms in total.